The quantitative estimate of drug-likeness (QED) is 0.266. The number of rotatable bonds is 6. The maximum absolute atomic E-state index is 13.5. The molecule has 0 radical (unpaired) electrons. The normalized spacial score (nSPS) is 13.9. The topological polar surface area (TPSA) is 79.4 Å². The molecule has 0 atom stereocenters. The molecule has 6 nitrogen and oxygen atoms in total. The molecule has 9 heteroatoms. The number of carbonyl (C=O) groups excluding carboxylic acids is 1. The Morgan fingerprint density at radius 3 is 2.50 bits per heavy atom. The molecule has 2 aromatic heterocycles. The Labute approximate surface area is 229 Å². The summed E-state index contributed by atoms with van der Waals surface area (Å²) in [5, 5.41) is 4.65. The van der Waals surface area contributed by atoms with Gasteiger partial charge in [0, 0.05) is 36.3 Å². The fourth-order valence-electron chi connectivity index (χ4n) is 4.87. The van der Waals surface area contributed by atoms with E-state index in [0.29, 0.717) is 5.00 Å². The largest absolute Gasteiger partial charge is 0.313 e. The molecule has 0 aliphatic carbocycles. The van der Waals surface area contributed by atoms with Crippen LogP contribution in [-0.2, 0) is 29.3 Å². The van der Waals surface area contributed by atoms with Crippen LogP contribution in [0.25, 0.3) is 20.8 Å². The maximum Gasteiger partial charge on any atom is 0.257 e. The van der Waals surface area contributed by atoms with Crippen molar-refractivity contribution in [1.29, 1.82) is 0 Å². The molecule has 0 saturated carbocycles. The summed E-state index contributed by atoms with van der Waals surface area (Å²) >= 11 is 3.17. The third-order valence-electron chi connectivity index (χ3n) is 6.65. The molecule has 192 valence electrons. The number of sulfone groups is 1. The van der Waals surface area contributed by atoms with Crippen LogP contribution < -0.4 is 5.32 Å². The van der Waals surface area contributed by atoms with Crippen LogP contribution in [0.15, 0.2) is 83.8 Å². The van der Waals surface area contributed by atoms with E-state index in [9.17, 15) is 13.2 Å². The van der Waals surface area contributed by atoms with E-state index in [1.165, 1.54) is 22.1 Å². The molecule has 1 amide bonds. The third kappa shape index (κ3) is 4.90. The minimum absolute atomic E-state index is 0.0226. The summed E-state index contributed by atoms with van der Waals surface area (Å²) in [5.41, 5.74) is 4.50. The summed E-state index contributed by atoms with van der Waals surface area (Å²) < 4.78 is 25.8. The lowest BCUT2D eigenvalue weighted by Gasteiger charge is -2.27. The number of benzene rings is 3. The van der Waals surface area contributed by atoms with Gasteiger partial charge in [0.2, 0.25) is 0 Å². The number of anilines is 1. The van der Waals surface area contributed by atoms with Gasteiger partial charge in [-0.15, -0.1) is 22.7 Å². The van der Waals surface area contributed by atoms with E-state index in [2.05, 4.69) is 40.5 Å². The summed E-state index contributed by atoms with van der Waals surface area (Å²) in [6.45, 7) is 2.54. The first kappa shape index (κ1) is 24.9. The van der Waals surface area contributed by atoms with Crippen LogP contribution in [0.1, 0.15) is 26.4 Å². The number of nitrogens with one attached hydrogen (secondary N) is 1. The second kappa shape index (κ2) is 10.1. The highest BCUT2D eigenvalue weighted by Gasteiger charge is 2.29. The Morgan fingerprint density at radius 1 is 0.974 bits per heavy atom. The smallest absolute Gasteiger partial charge is 0.257 e. The molecule has 1 N–H and O–H groups in total. The van der Waals surface area contributed by atoms with Crippen LogP contribution in [0.2, 0.25) is 0 Å². The summed E-state index contributed by atoms with van der Waals surface area (Å²) in [6.07, 6.45) is 1.97. The van der Waals surface area contributed by atoms with Crippen LogP contribution in [-0.4, -0.2) is 37.0 Å². The highest BCUT2D eigenvalue weighted by atomic mass is 32.2. The highest BCUT2D eigenvalue weighted by molar-refractivity contribution is 7.90. The zero-order valence-electron chi connectivity index (χ0n) is 20.7. The fourth-order valence-corrected chi connectivity index (χ4v) is 8.16. The number of carbonyl (C=O) groups is 1. The van der Waals surface area contributed by atoms with Gasteiger partial charge < -0.3 is 5.32 Å². The average molecular weight is 560 g/mol. The van der Waals surface area contributed by atoms with Crippen molar-refractivity contribution in [1.82, 2.24) is 9.88 Å². The van der Waals surface area contributed by atoms with Crippen LogP contribution >= 0.6 is 22.7 Å². The van der Waals surface area contributed by atoms with Gasteiger partial charge in [0.1, 0.15) is 10.0 Å². The molecule has 3 heterocycles. The summed E-state index contributed by atoms with van der Waals surface area (Å²) in [4.78, 5) is 22.0. The molecule has 3 aromatic carbocycles. The number of hydrogen-bond acceptors (Lipinski definition) is 7. The van der Waals surface area contributed by atoms with Crippen molar-refractivity contribution in [2.75, 3.05) is 18.1 Å². The predicted molar refractivity (Wildman–Crippen MR) is 155 cm³/mol. The van der Waals surface area contributed by atoms with Gasteiger partial charge in [-0.1, -0.05) is 54.6 Å². The molecule has 0 bridgehead atoms. The van der Waals surface area contributed by atoms with Gasteiger partial charge in [-0.2, -0.15) is 0 Å². The van der Waals surface area contributed by atoms with E-state index in [0.717, 1.165) is 53.1 Å². The number of nitrogens with zero attached hydrogens (tertiary/aromatic N) is 2. The van der Waals surface area contributed by atoms with Crippen LogP contribution in [0, 0.1) is 0 Å². The molecule has 0 fully saturated rings. The Bertz CT molecular complexity index is 1720. The van der Waals surface area contributed by atoms with E-state index >= 15 is 0 Å². The van der Waals surface area contributed by atoms with Gasteiger partial charge in [-0.25, -0.2) is 13.4 Å². The lowest BCUT2D eigenvalue weighted by atomic mass is 10.0. The number of thiazole rings is 1. The standard InChI is InChI=1S/C29H25N3O3S3/c1-38(34,35)25-14-8-5-11-21(25)27(33)31-29-26(28-30-22-12-6-7-13-23(22)36-28)20-15-16-32(18-24(20)37-29)17-19-9-3-2-4-10-19/h2-14H,15-18H2,1H3,(H,31,33). The molecule has 38 heavy (non-hydrogen) atoms. The molecule has 0 spiro atoms. The lowest BCUT2D eigenvalue weighted by molar-refractivity contribution is 0.102. The van der Waals surface area contributed by atoms with Crippen molar-refractivity contribution in [3.63, 3.8) is 0 Å². The summed E-state index contributed by atoms with van der Waals surface area (Å²) in [7, 11) is -3.56. The minimum atomic E-state index is -3.56. The fraction of sp³-hybridized carbons (Fsp3) is 0.172. The van der Waals surface area contributed by atoms with E-state index in [-0.39, 0.29) is 10.5 Å². The zero-order valence-corrected chi connectivity index (χ0v) is 23.1. The van der Waals surface area contributed by atoms with Crippen LogP contribution in [0.5, 0.6) is 0 Å². The summed E-state index contributed by atoms with van der Waals surface area (Å²) in [6, 6.07) is 24.8. The van der Waals surface area contributed by atoms with Crippen molar-refractivity contribution < 1.29 is 13.2 Å². The molecular weight excluding hydrogens is 535 g/mol. The molecule has 6 rings (SSSR count). The van der Waals surface area contributed by atoms with E-state index in [1.807, 2.05) is 24.3 Å². The first-order chi connectivity index (χ1) is 18.4. The Balaban J connectivity index is 1.39. The number of para-hydroxylation sites is 1. The van der Waals surface area contributed by atoms with E-state index < -0.39 is 15.7 Å². The first-order valence-corrected chi connectivity index (χ1v) is 15.8. The molecule has 1 aliphatic heterocycles. The van der Waals surface area contributed by atoms with E-state index in [4.69, 9.17) is 4.98 Å². The third-order valence-corrected chi connectivity index (χ3v) is 9.99. The van der Waals surface area contributed by atoms with Gasteiger partial charge in [0.15, 0.2) is 9.84 Å². The van der Waals surface area contributed by atoms with Crippen molar-refractivity contribution in [3.8, 4) is 10.6 Å². The number of aromatic nitrogens is 1. The van der Waals surface area contributed by atoms with Crippen molar-refractivity contribution >= 4 is 53.6 Å². The molecule has 5 aromatic rings. The molecule has 0 unspecified atom stereocenters. The molecule has 1 aliphatic rings. The zero-order chi connectivity index (χ0) is 26.3. The predicted octanol–water partition coefficient (Wildman–Crippen LogP) is 6.24. The Kier molecular flexibility index (Phi) is 6.61. The monoisotopic (exact) mass is 559 g/mol. The molecular formula is C29H25N3O3S3. The second-order valence-corrected chi connectivity index (χ2v) is 13.5. The van der Waals surface area contributed by atoms with Gasteiger partial charge in [0.25, 0.3) is 5.91 Å². The molecule has 0 saturated heterocycles. The second-order valence-electron chi connectivity index (χ2n) is 9.36. The van der Waals surface area contributed by atoms with Crippen LogP contribution in [0.4, 0.5) is 5.00 Å². The number of hydrogen-bond donors (Lipinski definition) is 1. The number of thiophene rings is 1. The maximum atomic E-state index is 13.5. The van der Waals surface area contributed by atoms with Gasteiger partial charge >= 0.3 is 0 Å². The van der Waals surface area contributed by atoms with Gasteiger partial charge in [-0.3, -0.25) is 9.69 Å². The van der Waals surface area contributed by atoms with Crippen molar-refractivity contribution in [2.24, 2.45) is 0 Å². The minimum Gasteiger partial charge on any atom is -0.313 e. The summed E-state index contributed by atoms with van der Waals surface area (Å²) in [5.74, 6) is -0.437. The van der Waals surface area contributed by atoms with Gasteiger partial charge in [0.05, 0.1) is 20.7 Å². The van der Waals surface area contributed by atoms with Crippen molar-refractivity contribution in [3.05, 3.63) is 100 Å². The number of amides is 1. The van der Waals surface area contributed by atoms with Crippen LogP contribution in [0.3, 0.4) is 0 Å². The first-order valence-electron chi connectivity index (χ1n) is 12.2. The lowest BCUT2D eigenvalue weighted by Crippen LogP contribution is -2.29. The Morgan fingerprint density at radius 2 is 1.71 bits per heavy atom. The number of fused-ring (bicyclic) bond motifs is 2. The highest BCUT2D eigenvalue weighted by Crippen LogP contribution is 2.46. The van der Waals surface area contributed by atoms with Gasteiger partial charge in [-0.05, 0) is 41.8 Å². The Hall–Kier alpha value is -3.37. The SMILES string of the molecule is CS(=O)(=O)c1ccccc1C(=O)Nc1sc2c(c1-c1nc3ccccc3s1)CCN(Cc1ccccc1)C2. The average Bonchev–Trinajstić information content (AvgIpc) is 3.49. The van der Waals surface area contributed by atoms with E-state index in [1.54, 1.807) is 40.9 Å². The van der Waals surface area contributed by atoms with Crippen molar-refractivity contribution in [2.45, 2.75) is 24.4 Å².